The van der Waals surface area contributed by atoms with Gasteiger partial charge in [-0.2, -0.15) is 0 Å². The molecule has 1 aromatic carbocycles. The smallest absolute Gasteiger partial charge is 0.324 e. The summed E-state index contributed by atoms with van der Waals surface area (Å²) < 4.78 is 32.9. The minimum Gasteiger partial charge on any atom is -0.387 e. The van der Waals surface area contributed by atoms with Crippen LogP contribution in [0.3, 0.4) is 0 Å². The van der Waals surface area contributed by atoms with Crippen molar-refractivity contribution in [1.82, 2.24) is 29.7 Å². The Morgan fingerprint density at radius 2 is 1.79 bits per heavy atom. The number of ether oxygens (including phenoxy) is 1. The molecular formula is C21H26N8O8S. The van der Waals surface area contributed by atoms with Crippen LogP contribution in [0.25, 0.3) is 11.2 Å². The van der Waals surface area contributed by atoms with Gasteiger partial charge in [-0.25, -0.2) is 32.9 Å². The number of amides is 3. The van der Waals surface area contributed by atoms with Crippen LogP contribution in [0.2, 0.25) is 0 Å². The van der Waals surface area contributed by atoms with Gasteiger partial charge in [0.1, 0.15) is 24.9 Å². The number of benzene rings is 1. The third-order valence-electron chi connectivity index (χ3n) is 5.34. The Morgan fingerprint density at radius 3 is 2.47 bits per heavy atom. The van der Waals surface area contributed by atoms with Crippen LogP contribution in [-0.2, 0) is 19.6 Å². The highest BCUT2D eigenvalue weighted by Crippen LogP contribution is 2.23. The molecule has 17 heteroatoms. The summed E-state index contributed by atoms with van der Waals surface area (Å²) in [7, 11) is -3.63. The van der Waals surface area contributed by atoms with Crippen molar-refractivity contribution in [2.75, 3.05) is 23.7 Å². The van der Waals surface area contributed by atoms with E-state index in [0.717, 1.165) is 11.1 Å². The van der Waals surface area contributed by atoms with Gasteiger partial charge in [0.05, 0.1) is 4.90 Å². The van der Waals surface area contributed by atoms with E-state index in [2.05, 4.69) is 35.6 Å². The van der Waals surface area contributed by atoms with E-state index in [0.29, 0.717) is 12.2 Å². The SMILES string of the molecule is CCNC(=O)[C@H]1O[C@@H](On2cnc3c(NC(=O)Nc4ccc(S(=O)(=O)NCC)cc4)ncnc32)[C@H](O)[C@@H]1O. The fourth-order valence-electron chi connectivity index (χ4n) is 3.58. The first-order valence-electron chi connectivity index (χ1n) is 11.5. The molecule has 38 heavy (non-hydrogen) atoms. The number of aromatic nitrogens is 4. The highest BCUT2D eigenvalue weighted by Gasteiger charge is 2.48. The Kier molecular flexibility index (Phi) is 8.02. The van der Waals surface area contributed by atoms with Gasteiger partial charge in [0.15, 0.2) is 17.4 Å². The molecule has 16 nitrogen and oxygen atoms in total. The number of carbonyl (C=O) groups excluding carboxylic acids is 2. The zero-order valence-electron chi connectivity index (χ0n) is 20.2. The number of aliphatic hydroxyl groups is 2. The largest absolute Gasteiger partial charge is 0.387 e. The van der Waals surface area contributed by atoms with Gasteiger partial charge in [0.25, 0.3) is 12.2 Å². The molecule has 4 rings (SSSR count). The number of hydrogen-bond acceptors (Lipinski definition) is 11. The Hall–Kier alpha value is -3.90. The van der Waals surface area contributed by atoms with Crippen molar-refractivity contribution < 1.29 is 37.8 Å². The van der Waals surface area contributed by atoms with Gasteiger partial charge in [0, 0.05) is 18.8 Å². The van der Waals surface area contributed by atoms with Crippen LogP contribution in [0.1, 0.15) is 13.8 Å². The van der Waals surface area contributed by atoms with E-state index in [4.69, 9.17) is 9.57 Å². The predicted octanol–water partition coefficient (Wildman–Crippen LogP) is -1.22. The molecule has 1 fully saturated rings. The molecule has 204 valence electrons. The summed E-state index contributed by atoms with van der Waals surface area (Å²) >= 11 is 0. The highest BCUT2D eigenvalue weighted by atomic mass is 32.2. The van der Waals surface area contributed by atoms with Gasteiger partial charge >= 0.3 is 6.03 Å². The van der Waals surface area contributed by atoms with E-state index in [1.807, 2.05) is 0 Å². The van der Waals surface area contributed by atoms with Crippen molar-refractivity contribution in [1.29, 1.82) is 0 Å². The third kappa shape index (κ3) is 5.65. The van der Waals surface area contributed by atoms with E-state index < -0.39 is 46.6 Å². The first-order valence-corrected chi connectivity index (χ1v) is 12.9. The van der Waals surface area contributed by atoms with Crippen LogP contribution in [0.5, 0.6) is 0 Å². The second kappa shape index (κ2) is 11.2. The lowest BCUT2D eigenvalue weighted by Crippen LogP contribution is -2.42. The lowest BCUT2D eigenvalue weighted by molar-refractivity contribution is -0.171. The minimum atomic E-state index is -3.63. The third-order valence-corrected chi connectivity index (χ3v) is 6.90. The number of rotatable bonds is 9. The highest BCUT2D eigenvalue weighted by molar-refractivity contribution is 7.89. The zero-order valence-corrected chi connectivity index (χ0v) is 21.0. The molecule has 3 amide bonds. The number of carbonyl (C=O) groups is 2. The Balaban J connectivity index is 1.44. The van der Waals surface area contributed by atoms with Gasteiger partial charge in [-0.3, -0.25) is 10.1 Å². The molecule has 1 aliphatic heterocycles. The molecule has 0 unspecified atom stereocenters. The molecule has 0 spiro atoms. The summed E-state index contributed by atoms with van der Waals surface area (Å²) in [5, 5.41) is 28.0. The number of nitrogens with zero attached hydrogens (tertiary/aromatic N) is 4. The maximum Gasteiger partial charge on any atom is 0.324 e. The molecule has 0 bridgehead atoms. The first kappa shape index (κ1) is 27.1. The molecule has 0 aliphatic carbocycles. The summed E-state index contributed by atoms with van der Waals surface area (Å²) in [6.07, 6.45) is -3.48. The molecule has 4 atom stereocenters. The predicted molar refractivity (Wildman–Crippen MR) is 131 cm³/mol. The molecule has 3 aromatic rings. The number of anilines is 2. The van der Waals surface area contributed by atoms with Crippen molar-refractivity contribution >= 4 is 44.6 Å². The minimum absolute atomic E-state index is 0.0225. The van der Waals surface area contributed by atoms with Crippen molar-refractivity contribution in [2.45, 2.75) is 43.3 Å². The Morgan fingerprint density at radius 1 is 1.05 bits per heavy atom. The number of sulfonamides is 1. The van der Waals surface area contributed by atoms with Gasteiger partial charge in [-0.1, -0.05) is 6.92 Å². The van der Waals surface area contributed by atoms with E-state index in [9.17, 15) is 28.2 Å². The summed E-state index contributed by atoms with van der Waals surface area (Å²) in [6.45, 7) is 3.91. The molecule has 0 radical (unpaired) electrons. The second-order valence-corrected chi connectivity index (χ2v) is 9.74. The molecule has 2 aromatic heterocycles. The molecule has 6 N–H and O–H groups in total. The fraction of sp³-hybridized carbons (Fsp3) is 0.381. The van der Waals surface area contributed by atoms with E-state index in [-0.39, 0.29) is 28.4 Å². The van der Waals surface area contributed by atoms with Gasteiger partial charge < -0.3 is 30.4 Å². The quantitative estimate of drug-likeness (QED) is 0.185. The van der Waals surface area contributed by atoms with E-state index >= 15 is 0 Å². The van der Waals surface area contributed by atoms with Crippen LogP contribution in [-0.4, -0.2) is 87.9 Å². The Bertz CT molecular complexity index is 1410. The first-order chi connectivity index (χ1) is 18.1. The van der Waals surface area contributed by atoms with E-state index in [1.54, 1.807) is 13.8 Å². The number of hydrogen-bond donors (Lipinski definition) is 6. The standard InChI is InChI=1S/C21H26N8O8S/c1-3-22-19(32)16-14(30)15(31)20(36-16)37-29-10-25-13-17(23-9-24-18(13)29)28-21(33)27-11-5-7-12(8-6-11)38(34,35)26-4-2/h5-10,14-16,20,26,30-31H,3-4H2,1-2H3,(H,22,32)(H2,23,24,27,28,33)/t14-,15+,16-,20-/m0/s1. The average molecular weight is 551 g/mol. The molecule has 3 heterocycles. The van der Waals surface area contributed by atoms with Crippen LogP contribution < -0.4 is 25.5 Å². The van der Waals surface area contributed by atoms with Crippen LogP contribution in [0.15, 0.2) is 41.8 Å². The molecule has 0 saturated carbocycles. The van der Waals surface area contributed by atoms with Crippen molar-refractivity contribution in [3.63, 3.8) is 0 Å². The lowest BCUT2D eigenvalue weighted by Gasteiger charge is -2.16. The number of likely N-dealkylation sites (N-methyl/N-ethyl adjacent to an activating group) is 1. The van der Waals surface area contributed by atoms with Crippen LogP contribution in [0.4, 0.5) is 16.3 Å². The maximum absolute atomic E-state index is 12.5. The summed E-state index contributed by atoms with van der Waals surface area (Å²) in [6, 6.07) is 4.87. The van der Waals surface area contributed by atoms with Gasteiger partial charge in [-0.15, -0.1) is 4.73 Å². The molecular weight excluding hydrogens is 524 g/mol. The van der Waals surface area contributed by atoms with Crippen molar-refractivity contribution in [3.05, 3.63) is 36.9 Å². The second-order valence-electron chi connectivity index (χ2n) is 7.98. The van der Waals surface area contributed by atoms with Crippen LogP contribution >= 0.6 is 0 Å². The number of urea groups is 1. The Labute approximate surface area is 216 Å². The van der Waals surface area contributed by atoms with Crippen molar-refractivity contribution in [2.24, 2.45) is 0 Å². The fourth-order valence-corrected chi connectivity index (χ4v) is 4.62. The number of nitrogens with one attached hydrogen (secondary N) is 4. The maximum atomic E-state index is 12.5. The van der Waals surface area contributed by atoms with Crippen molar-refractivity contribution in [3.8, 4) is 0 Å². The number of imidazole rings is 1. The average Bonchev–Trinajstić information content (AvgIpc) is 3.41. The normalized spacial score (nSPS) is 21.3. The lowest BCUT2D eigenvalue weighted by atomic mass is 10.1. The van der Waals surface area contributed by atoms with Gasteiger partial charge in [-0.05, 0) is 31.2 Å². The topological polar surface area (TPSA) is 219 Å². The number of fused-ring (bicyclic) bond motifs is 1. The zero-order chi connectivity index (χ0) is 27.4. The monoisotopic (exact) mass is 550 g/mol. The van der Waals surface area contributed by atoms with Crippen LogP contribution in [0, 0.1) is 0 Å². The summed E-state index contributed by atoms with van der Waals surface area (Å²) in [4.78, 5) is 42.4. The van der Waals surface area contributed by atoms with Gasteiger partial charge in [0.2, 0.25) is 15.7 Å². The number of aliphatic hydroxyl groups excluding tert-OH is 2. The van der Waals surface area contributed by atoms with E-state index in [1.165, 1.54) is 30.6 Å². The summed E-state index contributed by atoms with van der Waals surface area (Å²) in [5.41, 5.74) is 0.549. The molecule has 1 saturated heterocycles. The summed E-state index contributed by atoms with van der Waals surface area (Å²) in [5.74, 6) is -0.580. The molecule has 1 aliphatic rings.